The second-order valence-corrected chi connectivity index (χ2v) is 5.83. The molecule has 5 heteroatoms. The fraction of sp³-hybridized carbons (Fsp3) is 0.533. The third kappa shape index (κ3) is 3.51. The zero-order valence-electron chi connectivity index (χ0n) is 11.9. The second kappa shape index (κ2) is 6.57. The minimum Gasteiger partial charge on any atom is -0.369 e. The van der Waals surface area contributed by atoms with Gasteiger partial charge < -0.3 is 15.4 Å². The van der Waals surface area contributed by atoms with Crippen molar-refractivity contribution in [3.8, 4) is 0 Å². The molecule has 1 aromatic rings. The number of halogens is 1. The fourth-order valence-electron chi connectivity index (χ4n) is 2.42. The van der Waals surface area contributed by atoms with Gasteiger partial charge in [-0.3, -0.25) is 4.79 Å². The van der Waals surface area contributed by atoms with Crippen LogP contribution >= 0.6 is 11.6 Å². The number of nitrogens with two attached hydrogens (primary N) is 1. The van der Waals surface area contributed by atoms with Gasteiger partial charge in [-0.2, -0.15) is 0 Å². The molecule has 1 heterocycles. The molecule has 20 heavy (non-hydrogen) atoms. The Balaban J connectivity index is 2.12. The molecule has 0 saturated carbocycles. The highest BCUT2D eigenvalue weighted by Gasteiger charge is 2.31. The molecule has 1 fully saturated rings. The van der Waals surface area contributed by atoms with Gasteiger partial charge in [-0.15, -0.1) is 0 Å². The molecule has 3 atom stereocenters. The Morgan fingerprint density at radius 3 is 2.90 bits per heavy atom. The van der Waals surface area contributed by atoms with Crippen LogP contribution in [0.3, 0.4) is 0 Å². The van der Waals surface area contributed by atoms with Crippen LogP contribution in [0, 0.1) is 0 Å². The molecule has 1 aromatic carbocycles. The summed E-state index contributed by atoms with van der Waals surface area (Å²) in [5.41, 5.74) is 6.65. The Kier molecular flexibility index (Phi) is 5.02. The number of rotatable bonds is 3. The summed E-state index contributed by atoms with van der Waals surface area (Å²) < 4.78 is 5.83. The predicted molar refractivity (Wildman–Crippen MR) is 79.6 cm³/mol. The van der Waals surface area contributed by atoms with Crippen LogP contribution in [0.25, 0.3) is 0 Å². The lowest BCUT2D eigenvalue weighted by molar-refractivity contribution is -0.144. The van der Waals surface area contributed by atoms with Gasteiger partial charge >= 0.3 is 0 Å². The predicted octanol–water partition coefficient (Wildman–Crippen LogP) is 2.37. The van der Waals surface area contributed by atoms with Crippen molar-refractivity contribution >= 4 is 17.5 Å². The number of carbonyl (C=O) groups excluding carboxylic acids is 1. The summed E-state index contributed by atoms with van der Waals surface area (Å²) in [6.45, 7) is 4.87. The molecule has 2 rings (SSSR count). The molecular weight excluding hydrogens is 276 g/mol. The number of carbonyl (C=O) groups is 1. The van der Waals surface area contributed by atoms with E-state index in [9.17, 15) is 4.79 Å². The van der Waals surface area contributed by atoms with E-state index in [0.717, 1.165) is 5.56 Å². The lowest BCUT2D eigenvalue weighted by Gasteiger charge is -2.38. The van der Waals surface area contributed by atoms with Gasteiger partial charge in [0.2, 0.25) is 5.91 Å². The van der Waals surface area contributed by atoms with E-state index in [0.29, 0.717) is 24.6 Å². The lowest BCUT2D eigenvalue weighted by Crippen LogP contribution is -2.49. The summed E-state index contributed by atoms with van der Waals surface area (Å²) in [7, 11) is 0. The van der Waals surface area contributed by atoms with Gasteiger partial charge in [0.05, 0.1) is 19.2 Å². The molecule has 0 aromatic heterocycles. The smallest absolute Gasteiger partial charge is 0.224 e. The van der Waals surface area contributed by atoms with Crippen LogP contribution in [0.5, 0.6) is 0 Å². The van der Waals surface area contributed by atoms with Crippen molar-refractivity contribution in [1.29, 1.82) is 0 Å². The highest BCUT2D eigenvalue weighted by atomic mass is 35.5. The van der Waals surface area contributed by atoms with Gasteiger partial charge in [0.15, 0.2) is 0 Å². The zero-order chi connectivity index (χ0) is 14.7. The van der Waals surface area contributed by atoms with Gasteiger partial charge in [-0.1, -0.05) is 29.8 Å². The number of hydrogen-bond donors (Lipinski definition) is 1. The van der Waals surface area contributed by atoms with Crippen molar-refractivity contribution in [2.45, 2.75) is 38.5 Å². The molecule has 1 saturated heterocycles. The van der Waals surface area contributed by atoms with Crippen LogP contribution < -0.4 is 5.73 Å². The van der Waals surface area contributed by atoms with Crippen LogP contribution in [-0.4, -0.2) is 36.0 Å². The van der Waals surface area contributed by atoms with Crippen molar-refractivity contribution in [3.63, 3.8) is 0 Å². The summed E-state index contributed by atoms with van der Waals surface area (Å²) in [4.78, 5) is 14.1. The molecule has 0 radical (unpaired) electrons. The number of benzene rings is 1. The Morgan fingerprint density at radius 1 is 1.55 bits per heavy atom. The monoisotopic (exact) mass is 296 g/mol. The molecule has 0 spiro atoms. The summed E-state index contributed by atoms with van der Waals surface area (Å²) in [6.07, 6.45) is 0.191. The first-order valence-corrected chi connectivity index (χ1v) is 7.28. The lowest BCUT2D eigenvalue weighted by atomic mass is 10.0. The number of nitrogens with zero attached hydrogens (tertiary/aromatic N) is 1. The first kappa shape index (κ1) is 15.3. The van der Waals surface area contributed by atoms with Gasteiger partial charge in [-0.25, -0.2) is 0 Å². The summed E-state index contributed by atoms with van der Waals surface area (Å²) in [6, 6.07) is 7.53. The minimum absolute atomic E-state index is 0.0694. The van der Waals surface area contributed by atoms with Crippen LogP contribution in [0.2, 0.25) is 5.02 Å². The minimum atomic E-state index is -0.170. The molecular formula is C15H21ClN2O2. The maximum absolute atomic E-state index is 12.2. The first-order valence-electron chi connectivity index (χ1n) is 6.90. The average Bonchev–Trinajstić information content (AvgIpc) is 2.39. The number of hydrogen-bond acceptors (Lipinski definition) is 3. The summed E-state index contributed by atoms with van der Waals surface area (Å²) in [5, 5.41) is 0.673. The Morgan fingerprint density at radius 2 is 2.25 bits per heavy atom. The Bertz CT molecular complexity index is 479. The van der Waals surface area contributed by atoms with E-state index < -0.39 is 0 Å². The van der Waals surface area contributed by atoms with Crippen LogP contribution in [-0.2, 0) is 9.53 Å². The van der Waals surface area contributed by atoms with E-state index in [-0.39, 0.29) is 24.1 Å². The van der Waals surface area contributed by atoms with Crippen molar-refractivity contribution in [2.24, 2.45) is 5.73 Å². The zero-order valence-corrected chi connectivity index (χ0v) is 12.6. The highest BCUT2D eigenvalue weighted by Crippen LogP contribution is 2.30. The van der Waals surface area contributed by atoms with Crippen molar-refractivity contribution in [1.82, 2.24) is 4.90 Å². The van der Waals surface area contributed by atoms with Gasteiger partial charge in [-0.05, 0) is 19.9 Å². The van der Waals surface area contributed by atoms with Gasteiger partial charge in [0.1, 0.15) is 6.10 Å². The number of amides is 1. The number of morpholine rings is 1. The van der Waals surface area contributed by atoms with Crippen LogP contribution in [0.1, 0.15) is 31.9 Å². The summed E-state index contributed by atoms with van der Waals surface area (Å²) in [5.74, 6) is 0.0767. The third-order valence-corrected chi connectivity index (χ3v) is 3.85. The normalized spacial score (nSPS) is 24.5. The molecule has 1 amide bonds. The van der Waals surface area contributed by atoms with E-state index in [1.807, 2.05) is 43.0 Å². The molecule has 2 N–H and O–H groups in total. The molecule has 4 nitrogen and oxygen atoms in total. The molecule has 3 unspecified atom stereocenters. The summed E-state index contributed by atoms with van der Waals surface area (Å²) >= 11 is 6.20. The standard InChI is InChI=1S/C15H21ClN2O2/c1-10(17)7-15(19)18-8-14(20-9-11(18)2)12-5-3-4-6-13(12)16/h3-6,10-11,14H,7-9,17H2,1-2H3. The van der Waals surface area contributed by atoms with Crippen molar-refractivity contribution in [2.75, 3.05) is 13.2 Å². The topological polar surface area (TPSA) is 55.6 Å². The average molecular weight is 297 g/mol. The maximum atomic E-state index is 12.2. The van der Waals surface area contributed by atoms with Gasteiger partial charge in [0.25, 0.3) is 0 Å². The van der Waals surface area contributed by atoms with E-state index in [1.165, 1.54) is 0 Å². The highest BCUT2D eigenvalue weighted by molar-refractivity contribution is 6.31. The SMILES string of the molecule is CC(N)CC(=O)N1CC(c2ccccc2Cl)OCC1C. The quantitative estimate of drug-likeness (QED) is 0.931. The Hall–Kier alpha value is -1.10. The van der Waals surface area contributed by atoms with Crippen molar-refractivity contribution in [3.05, 3.63) is 34.9 Å². The van der Waals surface area contributed by atoms with Crippen LogP contribution in [0.4, 0.5) is 0 Å². The molecule has 1 aliphatic heterocycles. The molecule has 0 aliphatic carbocycles. The molecule has 0 bridgehead atoms. The number of ether oxygens (including phenoxy) is 1. The fourth-order valence-corrected chi connectivity index (χ4v) is 2.68. The second-order valence-electron chi connectivity index (χ2n) is 5.42. The van der Waals surface area contributed by atoms with E-state index in [1.54, 1.807) is 0 Å². The maximum Gasteiger partial charge on any atom is 0.224 e. The molecule has 1 aliphatic rings. The third-order valence-electron chi connectivity index (χ3n) is 3.50. The van der Waals surface area contributed by atoms with Crippen LogP contribution in [0.15, 0.2) is 24.3 Å². The van der Waals surface area contributed by atoms with Gasteiger partial charge in [0, 0.05) is 23.0 Å². The largest absolute Gasteiger partial charge is 0.369 e. The van der Waals surface area contributed by atoms with Crippen molar-refractivity contribution < 1.29 is 9.53 Å². The first-order chi connectivity index (χ1) is 9.49. The van der Waals surface area contributed by atoms with E-state index >= 15 is 0 Å². The Labute approximate surface area is 124 Å². The van der Waals surface area contributed by atoms with E-state index in [2.05, 4.69) is 0 Å². The molecule has 110 valence electrons. The van der Waals surface area contributed by atoms with E-state index in [4.69, 9.17) is 22.1 Å².